The Hall–Kier alpha value is -4.38. The molecule has 0 bridgehead atoms. The Kier molecular flexibility index (Phi) is 9.38. The van der Waals surface area contributed by atoms with E-state index in [0.717, 1.165) is 32.1 Å². The second-order valence-corrected chi connectivity index (χ2v) is 10.3. The molecule has 5 rings (SSSR count). The van der Waals surface area contributed by atoms with Gasteiger partial charge in [-0.2, -0.15) is 5.10 Å². The smallest absolute Gasteiger partial charge is 0.256 e. The van der Waals surface area contributed by atoms with Crippen LogP contribution in [-0.4, -0.2) is 54.1 Å². The van der Waals surface area contributed by atoms with E-state index in [-0.39, 0.29) is 17.7 Å². The summed E-state index contributed by atoms with van der Waals surface area (Å²) in [7, 11) is 4.94. The molecule has 0 saturated heterocycles. The number of methoxy groups -OCH3 is 2. The zero-order valence-corrected chi connectivity index (χ0v) is 24.1. The first-order valence-electron chi connectivity index (χ1n) is 14.1. The third kappa shape index (κ3) is 6.91. The van der Waals surface area contributed by atoms with Crippen molar-refractivity contribution in [3.8, 4) is 23.0 Å². The number of hydrogen-bond acceptors (Lipinski definition) is 8. The van der Waals surface area contributed by atoms with Crippen LogP contribution in [0.2, 0.25) is 0 Å². The number of halogens is 1. The van der Waals surface area contributed by atoms with Gasteiger partial charge < -0.3 is 29.6 Å². The Morgan fingerprint density at radius 3 is 2.62 bits per heavy atom. The second kappa shape index (κ2) is 13.5. The lowest BCUT2D eigenvalue weighted by Gasteiger charge is -2.22. The number of nitrogens with one attached hydrogen (secondary N) is 2. The molecule has 0 radical (unpaired) electrons. The molecule has 1 saturated carbocycles. The van der Waals surface area contributed by atoms with E-state index in [2.05, 4.69) is 20.7 Å². The number of aromatic nitrogens is 3. The highest BCUT2D eigenvalue weighted by atomic mass is 19.1. The van der Waals surface area contributed by atoms with Crippen LogP contribution in [0.4, 0.5) is 15.9 Å². The summed E-state index contributed by atoms with van der Waals surface area (Å²) in [4.78, 5) is 17.4. The van der Waals surface area contributed by atoms with Gasteiger partial charge in [-0.1, -0.05) is 19.3 Å². The van der Waals surface area contributed by atoms with Crippen LogP contribution in [0.5, 0.6) is 23.0 Å². The maximum absolute atomic E-state index is 15.3. The molecule has 0 atom stereocenters. The van der Waals surface area contributed by atoms with Crippen molar-refractivity contribution in [3.63, 3.8) is 0 Å². The molecule has 1 fully saturated rings. The maximum atomic E-state index is 15.3. The standard InChI is InChI=1S/C31H36FN5O5/c1-37-19-23(31(38)35-20-8-5-4-6-9-20)30(36-37)34-21-10-11-27(24(32)16-21)42-26-12-13-33-25-18-29(41-15-7-14-39-2)28(40-3)17-22(25)26/h10-13,16-20H,4-9,14-15H2,1-3H3,(H,34,36)(H,35,38). The Morgan fingerprint density at radius 1 is 1.02 bits per heavy atom. The predicted octanol–water partition coefficient (Wildman–Crippen LogP) is 6.13. The average molecular weight is 578 g/mol. The lowest BCUT2D eigenvalue weighted by molar-refractivity contribution is 0.0928. The van der Waals surface area contributed by atoms with Crippen molar-refractivity contribution < 1.29 is 28.1 Å². The number of pyridine rings is 1. The van der Waals surface area contributed by atoms with Crippen LogP contribution in [0, 0.1) is 5.82 Å². The molecule has 2 N–H and O–H groups in total. The van der Waals surface area contributed by atoms with E-state index < -0.39 is 5.82 Å². The van der Waals surface area contributed by atoms with Gasteiger partial charge in [0, 0.05) is 68.8 Å². The lowest BCUT2D eigenvalue weighted by atomic mass is 9.95. The first kappa shape index (κ1) is 29.1. The van der Waals surface area contributed by atoms with Gasteiger partial charge in [-0.15, -0.1) is 0 Å². The number of nitrogens with zero attached hydrogens (tertiary/aromatic N) is 3. The monoisotopic (exact) mass is 577 g/mol. The van der Waals surface area contributed by atoms with Gasteiger partial charge in [0.05, 0.1) is 19.2 Å². The number of carbonyl (C=O) groups is 1. The summed E-state index contributed by atoms with van der Waals surface area (Å²) >= 11 is 0. The van der Waals surface area contributed by atoms with Crippen LogP contribution >= 0.6 is 0 Å². The zero-order valence-electron chi connectivity index (χ0n) is 24.1. The van der Waals surface area contributed by atoms with Crippen LogP contribution in [0.25, 0.3) is 10.9 Å². The summed E-state index contributed by atoms with van der Waals surface area (Å²) in [6.45, 7) is 1.05. The number of anilines is 2. The first-order chi connectivity index (χ1) is 20.4. The average Bonchev–Trinajstić information content (AvgIpc) is 3.36. The van der Waals surface area contributed by atoms with Crippen molar-refractivity contribution in [1.82, 2.24) is 20.1 Å². The Balaban J connectivity index is 1.32. The fourth-order valence-electron chi connectivity index (χ4n) is 5.05. The van der Waals surface area contributed by atoms with E-state index in [1.807, 2.05) is 0 Å². The van der Waals surface area contributed by atoms with Gasteiger partial charge in [-0.25, -0.2) is 4.39 Å². The third-order valence-electron chi connectivity index (χ3n) is 7.17. The van der Waals surface area contributed by atoms with E-state index >= 15 is 4.39 Å². The number of benzene rings is 2. The minimum Gasteiger partial charge on any atom is -0.493 e. The molecular formula is C31H36FN5O5. The van der Waals surface area contributed by atoms with Crippen LogP contribution in [0.1, 0.15) is 48.9 Å². The summed E-state index contributed by atoms with van der Waals surface area (Å²) in [6, 6.07) is 9.87. The summed E-state index contributed by atoms with van der Waals surface area (Å²) in [6.07, 6.45) is 9.37. The summed E-state index contributed by atoms with van der Waals surface area (Å²) in [5.41, 5.74) is 1.45. The van der Waals surface area contributed by atoms with E-state index in [1.54, 1.807) is 62.6 Å². The Morgan fingerprint density at radius 2 is 1.86 bits per heavy atom. The number of ether oxygens (including phenoxy) is 4. The molecule has 1 aliphatic rings. The van der Waals surface area contributed by atoms with Crippen LogP contribution in [-0.2, 0) is 11.8 Å². The second-order valence-electron chi connectivity index (χ2n) is 10.3. The maximum Gasteiger partial charge on any atom is 0.256 e. The molecule has 2 heterocycles. The normalized spacial score (nSPS) is 13.6. The Bertz CT molecular complexity index is 1540. The number of carbonyl (C=O) groups excluding carboxylic acids is 1. The van der Waals surface area contributed by atoms with Crippen molar-refractivity contribution in [2.75, 3.05) is 32.8 Å². The highest BCUT2D eigenvalue weighted by Gasteiger charge is 2.21. The van der Waals surface area contributed by atoms with Crippen molar-refractivity contribution in [1.29, 1.82) is 0 Å². The molecule has 10 nitrogen and oxygen atoms in total. The molecule has 42 heavy (non-hydrogen) atoms. The third-order valence-corrected chi connectivity index (χ3v) is 7.17. The van der Waals surface area contributed by atoms with Gasteiger partial charge in [0.15, 0.2) is 28.9 Å². The van der Waals surface area contributed by atoms with Crippen molar-refractivity contribution in [2.45, 2.75) is 44.6 Å². The van der Waals surface area contributed by atoms with Gasteiger partial charge in [0.1, 0.15) is 11.3 Å². The van der Waals surface area contributed by atoms with Gasteiger partial charge in [-0.05, 0) is 37.1 Å². The number of aryl methyl sites for hydroxylation is 1. The molecule has 0 spiro atoms. The predicted molar refractivity (Wildman–Crippen MR) is 158 cm³/mol. The summed E-state index contributed by atoms with van der Waals surface area (Å²) in [5, 5.41) is 11.2. The van der Waals surface area contributed by atoms with Crippen LogP contribution < -0.4 is 24.8 Å². The van der Waals surface area contributed by atoms with Crippen molar-refractivity contribution in [3.05, 3.63) is 60.2 Å². The van der Waals surface area contributed by atoms with E-state index in [4.69, 9.17) is 18.9 Å². The van der Waals surface area contributed by atoms with E-state index in [0.29, 0.717) is 58.4 Å². The quantitative estimate of drug-likeness (QED) is 0.194. The molecule has 1 aliphatic carbocycles. The molecule has 4 aromatic rings. The Labute approximate surface area is 244 Å². The van der Waals surface area contributed by atoms with E-state index in [1.165, 1.54) is 18.6 Å². The fraction of sp³-hybridized carbons (Fsp3) is 0.387. The lowest BCUT2D eigenvalue weighted by Crippen LogP contribution is -2.36. The van der Waals surface area contributed by atoms with Crippen molar-refractivity contribution >= 4 is 28.3 Å². The number of rotatable bonds is 12. The molecule has 2 aromatic heterocycles. The molecule has 222 valence electrons. The SMILES string of the molecule is COCCCOc1cc2nccc(Oc3ccc(Nc4nn(C)cc4C(=O)NC4CCCCC4)cc3F)c2cc1OC. The molecule has 1 amide bonds. The summed E-state index contributed by atoms with van der Waals surface area (Å²) in [5.74, 6) is 1.08. The first-order valence-corrected chi connectivity index (χ1v) is 14.1. The molecule has 0 unspecified atom stereocenters. The fourth-order valence-corrected chi connectivity index (χ4v) is 5.05. The van der Waals surface area contributed by atoms with Gasteiger partial charge in [0.25, 0.3) is 5.91 Å². The number of fused-ring (bicyclic) bond motifs is 1. The van der Waals surface area contributed by atoms with Gasteiger partial charge >= 0.3 is 0 Å². The van der Waals surface area contributed by atoms with Gasteiger partial charge in [-0.3, -0.25) is 14.5 Å². The van der Waals surface area contributed by atoms with E-state index in [9.17, 15) is 4.79 Å². The molecular weight excluding hydrogens is 541 g/mol. The molecule has 0 aliphatic heterocycles. The van der Waals surface area contributed by atoms with Crippen LogP contribution in [0.3, 0.4) is 0 Å². The molecule has 11 heteroatoms. The van der Waals surface area contributed by atoms with Crippen LogP contribution in [0.15, 0.2) is 48.8 Å². The number of amides is 1. The summed E-state index contributed by atoms with van der Waals surface area (Å²) < 4.78 is 39.3. The molecule has 2 aromatic carbocycles. The van der Waals surface area contributed by atoms with Gasteiger partial charge in [0.2, 0.25) is 0 Å². The topological polar surface area (TPSA) is 109 Å². The zero-order chi connectivity index (χ0) is 29.5. The minimum absolute atomic E-state index is 0.0307. The highest BCUT2D eigenvalue weighted by molar-refractivity contribution is 5.99. The largest absolute Gasteiger partial charge is 0.493 e. The number of hydrogen-bond donors (Lipinski definition) is 2. The minimum atomic E-state index is -0.584. The highest BCUT2D eigenvalue weighted by Crippen LogP contribution is 2.38. The van der Waals surface area contributed by atoms with Crippen molar-refractivity contribution in [2.24, 2.45) is 7.05 Å².